The van der Waals surface area contributed by atoms with Crippen LogP contribution in [0.15, 0.2) is 0 Å². The summed E-state index contributed by atoms with van der Waals surface area (Å²) in [6.45, 7) is 6.17. The van der Waals surface area contributed by atoms with Gasteiger partial charge in [-0.2, -0.15) is 0 Å². The monoisotopic (exact) mass is 184 g/mol. The Hall–Kier alpha value is -0.570. The average molecular weight is 184 g/mol. The highest BCUT2D eigenvalue weighted by Crippen LogP contribution is 2.16. The van der Waals surface area contributed by atoms with Crippen molar-refractivity contribution in [3.05, 3.63) is 0 Å². The number of hydrogen-bond acceptors (Lipinski definition) is 2. The molecule has 1 heterocycles. The van der Waals surface area contributed by atoms with Gasteiger partial charge in [0.05, 0.1) is 0 Å². The topological polar surface area (TPSA) is 32.3 Å². The average Bonchev–Trinajstić information content (AvgIpc) is 2.07. The standard InChI is InChI=1S/C10H20N2O/c1-8(2)11-7-9-4-5-12(3)10(13)6-9/h8-9,11H,4-7H2,1-3H3/t9-/m0/s1. The molecule has 1 atom stereocenters. The van der Waals surface area contributed by atoms with E-state index in [1.807, 2.05) is 11.9 Å². The van der Waals surface area contributed by atoms with Crippen LogP contribution in [0.25, 0.3) is 0 Å². The molecule has 1 aliphatic heterocycles. The van der Waals surface area contributed by atoms with Gasteiger partial charge in [-0.05, 0) is 18.9 Å². The zero-order chi connectivity index (χ0) is 9.84. The van der Waals surface area contributed by atoms with E-state index in [0.29, 0.717) is 17.9 Å². The summed E-state index contributed by atoms with van der Waals surface area (Å²) in [6, 6.07) is 0.523. The summed E-state index contributed by atoms with van der Waals surface area (Å²) < 4.78 is 0. The molecule has 0 bridgehead atoms. The number of nitrogens with one attached hydrogen (secondary N) is 1. The van der Waals surface area contributed by atoms with Crippen molar-refractivity contribution in [1.29, 1.82) is 0 Å². The lowest BCUT2D eigenvalue weighted by Crippen LogP contribution is -2.40. The Morgan fingerprint density at radius 2 is 2.31 bits per heavy atom. The van der Waals surface area contributed by atoms with Crippen molar-refractivity contribution < 1.29 is 4.79 Å². The van der Waals surface area contributed by atoms with E-state index >= 15 is 0 Å². The second-order valence-corrected chi connectivity index (χ2v) is 4.24. The number of amides is 1. The molecule has 1 amide bonds. The molecule has 0 aromatic heterocycles. The van der Waals surface area contributed by atoms with Crippen LogP contribution in [0.4, 0.5) is 0 Å². The van der Waals surface area contributed by atoms with E-state index in [2.05, 4.69) is 19.2 Å². The van der Waals surface area contributed by atoms with Crippen LogP contribution >= 0.6 is 0 Å². The Morgan fingerprint density at radius 3 is 2.85 bits per heavy atom. The first-order chi connectivity index (χ1) is 6.09. The molecular formula is C10H20N2O. The number of hydrogen-bond donors (Lipinski definition) is 1. The lowest BCUT2D eigenvalue weighted by molar-refractivity contribution is -0.133. The van der Waals surface area contributed by atoms with Crippen molar-refractivity contribution in [3.63, 3.8) is 0 Å². The van der Waals surface area contributed by atoms with E-state index in [1.54, 1.807) is 0 Å². The normalized spacial score (nSPS) is 24.2. The van der Waals surface area contributed by atoms with E-state index in [1.165, 1.54) is 0 Å². The molecule has 0 aliphatic carbocycles. The second-order valence-electron chi connectivity index (χ2n) is 4.24. The Balaban J connectivity index is 2.25. The van der Waals surface area contributed by atoms with Gasteiger partial charge in [-0.15, -0.1) is 0 Å². The molecule has 1 saturated heterocycles. The highest BCUT2D eigenvalue weighted by atomic mass is 16.2. The highest BCUT2D eigenvalue weighted by Gasteiger charge is 2.22. The summed E-state index contributed by atoms with van der Waals surface area (Å²) in [4.78, 5) is 13.2. The summed E-state index contributed by atoms with van der Waals surface area (Å²) in [5.74, 6) is 0.841. The van der Waals surface area contributed by atoms with Gasteiger partial charge in [0.25, 0.3) is 0 Å². The molecule has 1 aliphatic rings. The third kappa shape index (κ3) is 3.35. The fourth-order valence-electron chi connectivity index (χ4n) is 1.58. The van der Waals surface area contributed by atoms with Gasteiger partial charge in [0.15, 0.2) is 0 Å². The quantitative estimate of drug-likeness (QED) is 0.705. The van der Waals surface area contributed by atoms with Crippen LogP contribution in [0.1, 0.15) is 26.7 Å². The molecule has 0 saturated carbocycles. The molecule has 0 aromatic rings. The molecule has 0 radical (unpaired) electrons. The predicted molar refractivity (Wildman–Crippen MR) is 53.5 cm³/mol. The third-order valence-corrected chi connectivity index (χ3v) is 2.58. The van der Waals surface area contributed by atoms with Crippen LogP contribution in [-0.4, -0.2) is 37.0 Å². The largest absolute Gasteiger partial charge is 0.346 e. The predicted octanol–water partition coefficient (Wildman–Crippen LogP) is 0.853. The van der Waals surface area contributed by atoms with Crippen molar-refractivity contribution >= 4 is 5.91 Å². The fourth-order valence-corrected chi connectivity index (χ4v) is 1.58. The fraction of sp³-hybridized carbons (Fsp3) is 0.900. The molecule has 13 heavy (non-hydrogen) atoms. The molecule has 1 fully saturated rings. The molecule has 0 unspecified atom stereocenters. The zero-order valence-electron chi connectivity index (χ0n) is 8.84. The first-order valence-electron chi connectivity index (χ1n) is 5.07. The van der Waals surface area contributed by atoms with Gasteiger partial charge >= 0.3 is 0 Å². The summed E-state index contributed by atoms with van der Waals surface area (Å²) in [7, 11) is 1.88. The molecule has 0 spiro atoms. The number of rotatable bonds is 3. The van der Waals surface area contributed by atoms with Crippen LogP contribution < -0.4 is 5.32 Å². The number of nitrogens with zero attached hydrogens (tertiary/aromatic N) is 1. The van der Waals surface area contributed by atoms with Crippen molar-refractivity contribution in [1.82, 2.24) is 10.2 Å². The van der Waals surface area contributed by atoms with Gasteiger partial charge < -0.3 is 10.2 Å². The van der Waals surface area contributed by atoms with E-state index in [-0.39, 0.29) is 0 Å². The maximum Gasteiger partial charge on any atom is 0.222 e. The van der Waals surface area contributed by atoms with E-state index in [9.17, 15) is 4.79 Å². The second kappa shape index (κ2) is 4.61. The lowest BCUT2D eigenvalue weighted by Gasteiger charge is -2.29. The number of piperidine rings is 1. The van der Waals surface area contributed by atoms with Crippen LogP contribution in [0.5, 0.6) is 0 Å². The van der Waals surface area contributed by atoms with Crippen LogP contribution in [0.2, 0.25) is 0 Å². The van der Waals surface area contributed by atoms with Crippen LogP contribution in [0.3, 0.4) is 0 Å². The van der Waals surface area contributed by atoms with Crippen molar-refractivity contribution in [2.75, 3.05) is 20.1 Å². The maximum absolute atomic E-state index is 11.3. The summed E-state index contributed by atoms with van der Waals surface area (Å²) >= 11 is 0. The summed E-state index contributed by atoms with van der Waals surface area (Å²) in [5.41, 5.74) is 0. The molecular weight excluding hydrogens is 164 g/mol. The van der Waals surface area contributed by atoms with Crippen LogP contribution in [-0.2, 0) is 4.79 Å². The van der Waals surface area contributed by atoms with Gasteiger partial charge in [0, 0.05) is 26.1 Å². The number of carbonyl (C=O) groups excluding carboxylic acids is 1. The van der Waals surface area contributed by atoms with E-state index in [4.69, 9.17) is 0 Å². The Kier molecular flexibility index (Phi) is 3.72. The Labute approximate surface area is 80.5 Å². The molecule has 3 nitrogen and oxygen atoms in total. The SMILES string of the molecule is CC(C)NC[C@H]1CCN(C)C(=O)C1. The van der Waals surface area contributed by atoms with Gasteiger partial charge in [-0.3, -0.25) is 4.79 Å². The molecule has 0 aromatic carbocycles. The minimum Gasteiger partial charge on any atom is -0.346 e. The van der Waals surface area contributed by atoms with Gasteiger partial charge in [-0.1, -0.05) is 13.8 Å². The van der Waals surface area contributed by atoms with Crippen molar-refractivity contribution in [3.8, 4) is 0 Å². The summed E-state index contributed by atoms with van der Waals surface area (Å²) in [6.07, 6.45) is 1.86. The number of carbonyl (C=O) groups is 1. The van der Waals surface area contributed by atoms with E-state index in [0.717, 1.165) is 25.9 Å². The molecule has 76 valence electrons. The minimum absolute atomic E-state index is 0.293. The zero-order valence-corrected chi connectivity index (χ0v) is 8.84. The minimum atomic E-state index is 0.293. The molecule has 1 rings (SSSR count). The van der Waals surface area contributed by atoms with Crippen LogP contribution in [0, 0.1) is 5.92 Å². The molecule has 1 N–H and O–H groups in total. The first kappa shape index (κ1) is 10.5. The van der Waals surface area contributed by atoms with Gasteiger partial charge in [0.1, 0.15) is 0 Å². The smallest absolute Gasteiger partial charge is 0.222 e. The van der Waals surface area contributed by atoms with Crippen molar-refractivity contribution in [2.45, 2.75) is 32.7 Å². The Morgan fingerprint density at radius 1 is 1.62 bits per heavy atom. The maximum atomic E-state index is 11.3. The van der Waals surface area contributed by atoms with Crippen molar-refractivity contribution in [2.24, 2.45) is 5.92 Å². The first-order valence-corrected chi connectivity index (χ1v) is 5.07. The highest BCUT2D eigenvalue weighted by molar-refractivity contribution is 5.76. The number of likely N-dealkylation sites (tertiary alicyclic amines) is 1. The van der Waals surface area contributed by atoms with Gasteiger partial charge in [0.2, 0.25) is 5.91 Å². The Bertz CT molecular complexity index is 180. The third-order valence-electron chi connectivity index (χ3n) is 2.58. The lowest BCUT2D eigenvalue weighted by atomic mass is 9.96. The summed E-state index contributed by atoms with van der Waals surface area (Å²) in [5, 5.41) is 3.38. The molecule has 3 heteroatoms. The van der Waals surface area contributed by atoms with Gasteiger partial charge in [-0.25, -0.2) is 0 Å². The van der Waals surface area contributed by atoms with E-state index < -0.39 is 0 Å².